The number of nitrogen functional groups attached to an aromatic ring is 1. The van der Waals surface area contributed by atoms with E-state index < -0.39 is 10.0 Å². The minimum atomic E-state index is -3.66. The van der Waals surface area contributed by atoms with Crippen molar-refractivity contribution in [2.45, 2.75) is 24.9 Å². The van der Waals surface area contributed by atoms with Gasteiger partial charge >= 0.3 is 0 Å². The summed E-state index contributed by atoms with van der Waals surface area (Å²) < 4.78 is 28.6. The fourth-order valence-corrected chi connectivity index (χ4v) is 8.33. The summed E-state index contributed by atoms with van der Waals surface area (Å²) in [4.78, 5) is 9.60. The number of hydrogen-bond donors (Lipinski definition) is 2. The fourth-order valence-electron chi connectivity index (χ4n) is 6.62. The maximum atomic E-state index is 12.9. The SMILES string of the molecule is Cc1ccc(S(=O)(=O)Nc2ccccc2N2CCN(Cc3ccc(Cl)c(Cl)c3)CC2)cc1.Nc1ccccc1N1CCN(Cc2ccc(Cl)c(Cl)c2)CC1. The standard InChI is InChI=1S/C24H25Cl2N3O2S.C17H19Cl2N3/c1-18-6-9-20(10-7-18)32(30,31)27-23-4-2-3-5-24(23)29-14-12-28(13-15-29)17-19-8-11-21(25)22(26)16-19;18-14-6-5-13(11-15(14)19)12-21-7-9-22(10-8-21)17-4-2-1-3-16(17)20/h2-11,16,27H,12-15,17H2,1H3;1-6,11H,7-10,12,20H2. The molecule has 13 heteroatoms. The van der Waals surface area contributed by atoms with E-state index in [1.807, 2.05) is 85.8 Å². The highest BCUT2D eigenvalue weighted by Crippen LogP contribution is 2.30. The van der Waals surface area contributed by atoms with E-state index in [1.54, 1.807) is 24.3 Å². The molecule has 0 amide bonds. The second-order valence-electron chi connectivity index (χ2n) is 13.5. The Balaban J connectivity index is 0.000000197. The molecule has 3 N–H and O–H groups in total. The molecule has 2 aliphatic rings. The van der Waals surface area contributed by atoms with E-state index in [9.17, 15) is 8.42 Å². The lowest BCUT2D eigenvalue weighted by atomic mass is 10.2. The molecule has 0 aromatic heterocycles. The van der Waals surface area contributed by atoms with Crippen LogP contribution < -0.4 is 20.3 Å². The molecule has 5 aromatic rings. The van der Waals surface area contributed by atoms with E-state index in [4.69, 9.17) is 52.1 Å². The first-order chi connectivity index (χ1) is 25.9. The van der Waals surface area contributed by atoms with E-state index in [0.717, 1.165) is 93.6 Å². The number of hydrogen-bond acceptors (Lipinski definition) is 7. The first-order valence-electron chi connectivity index (χ1n) is 17.8. The lowest BCUT2D eigenvalue weighted by molar-refractivity contribution is 0.250. The fraction of sp³-hybridized carbons (Fsp3) is 0.268. The van der Waals surface area contributed by atoms with Gasteiger partial charge in [-0.3, -0.25) is 14.5 Å². The monoisotopic (exact) mass is 824 g/mol. The first kappa shape index (κ1) is 40.0. The van der Waals surface area contributed by atoms with Crippen LogP contribution in [0.1, 0.15) is 16.7 Å². The maximum Gasteiger partial charge on any atom is 0.261 e. The van der Waals surface area contributed by atoms with E-state index in [-0.39, 0.29) is 4.90 Å². The Morgan fingerprint density at radius 3 is 1.54 bits per heavy atom. The Morgan fingerprint density at radius 2 is 1.04 bits per heavy atom. The molecule has 0 radical (unpaired) electrons. The van der Waals surface area contributed by atoms with Gasteiger partial charge in [-0.25, -0.2) is 8.42 Å². The van der Waals surface area contributed by atoms with E-state index >= 15 is 0 Å². The van der Waals surface area contributed by atoms with E-state index in [1.165, 1.54) is 5.56 Å². The number of nitrogens with two attached hydrogens (primary N) is 1. The van der Waals surface area contributed by atoms with Gasteiger partial charge in [0, 0.05) is 65.4 Å². The number of rotatable bonds is 9. The van der Waals surface area contributed by atoms with Gasteiger partial charge in [-0.2, -0.15) is 0 Å². The second kappa shape index (κ2) is 18.3. The van der Waals surface area contributed by atoms with Crippen LogP contribution in [0.2, 0.25) is 20.1 Å². The molecule has 0 unspecified atom stereocenters. The summed E-state index contributed by atoms with van der Waals surface area (Å²) in [5, 5.41) is 2.35. The highest BCUT2D eigenvalue weighted by atomic mass is 35.5. The molecular formula is C41H44Cl4N6O2S. The van der Waals surface area contributed by atoms with Crippen LogP contribution in [0, 0.1) is 6.92 Å². The average Bonchev–Trinajstić information content (AvgIpc) is 3.16. The first-order valence-corrected chi connectivity index (χ1v) is 20.8. The number of nitrogens with one attached hydrogen (secondary N) is 1. The Morgan fingerprint density at radius 1 is 0.574 bits per heavy atom. The minimum Gasteiger partial charge on any atom is -0.397 e. The number of aryl methyl sites for hydroxylation is 1. The molecular weight excluding hydrogens is 782 g/mol. The third-order valence-corrected chi connectivity index (χ3v) is 12.5. The van der Waals surface area contributed by atoms with Gasteiger partial charge in [0.2, 0.25) is 0 Å². The number of benzene rings is 5. The Labute approximate surface area is 339 Å². The molecule has 0 aliphatic carbocycles. The summed E-state index contributed by atoms with van der Waals surface area (Å²) in [6.45, 7) is 10.9. The summed E-state index contributed by atoms with van der Waals surface area (Å²) in [6, 6.07) is 34.0. The zero-order valence-corrected chi connectivity index (χ0v) is 33.9. The van der Waals surface area contributed by atoms with Crippen molar-refractivity contribution in [2.75, 3.05) is 72.6 Å². The van der Waals surface area contributed by atoms with Gasteiger partial charge in [-0.1, -0.05) is 100 Å². The average molecular weight is 827 g/mol. The van der Waals surface area contributed by atoms with Crippen molar-refractivity contribution in [3.63, 3.8) is 0 Å². The number of piperazine rings is 2. The zero-order chi connectivity index (χ0) is 38.2. The smallest absolute Gasteiger partial charge is 0.261 e. The van der Waals surface area contributed by atoms with Crippen molar-refractivity contribution in [1.82, 2.24) is 9.80 Å². The molecule has 54 heavy (non-hydrogen) atoms. The number of nitrogens with zero attached hydrogens (tertiary/aromatic N) is 4. The number of para-hydroxylation sites is 4. The molecule has 0 spiro atoms. The molecule has 2 fully saturated rings. The van der Waals surface area contributed by atoms with Gasteiger partial charge in [-0.05, 0) is 78.7 Å². The molecule has 8 nitrogen and oxygen atoms in total. The van der Waals surface area contributed by atoms with Crippen LogP contribution in [0.25, 0.3) is 0 Å². The number of halogens is 4. The zero-order valence-electron chi connectivity index (χ0n) is 30.1. The molecule has 5 aromatic carbocycles. The van der Waals surface area contributed by atoms with E-state index in [0.29, 0.717) is 25.8 Å². The second-order valence-corrected chi connectivity index (χ2v) is 16.8. The topological polar surface area (TPSA) is 85.1 Å². The van der Waals surface area contributed by atoms with Gasteiger partial charge in [-0.15, -0.1) is 0 Å². The predicted molar refractivity (Wildman–Crippen MR) is 227 cm³/mol. The minimum absolute atomic E-state index is 0.254. The lowest BCUT2D eigenvalue weighted by Gasteiger charge is -2.37. The van der Waals surface area contributed by atoms with E-state index in [2.05, 4.69) is 30.4 Å². The summed E-state index contributed by atoms with van der Waals surface area (Å²) >= 11 is 24.2. The molecule has 0 saturated carbocycles. The number of sulfonamides is 1. The van der Waals surface area contributed by atoms with Crippen LogP contribution in [0.15, 0.2) is 114 Å². The van der Waals surface area contributed by atoms with Gasteiger partial charge < -0.3 is 15.5 Å². The van der Waals surface area contributed by atoms with Crippen molar-refractivity contribution >= 4 is 79.2 Å². The third-order valence-electron chi connectivity index (χ3n) is 9.62. The van der Waals surface area contributed by atoms with Gasteiger partial charge in [0.05, 0.1) is 47.7 Å². The lowest BCUT2D eigenvalue weighted by Crippen LogP contribution is -2.46. The largest absolute Gasteiger partial charge is 0.397 e. The van der Waals surface area contributed by atoms with Crippen molar-refractivity contribution in [3.8, 4) is 0 Å². The van der Waals surface area contributed by atoms with Crippen LogP contribution in [0.5, 0.6) is 0 Å². The Bertz CT molecular complexity index is 2140. The summed E-state index contributed by atoms with van der Waals surface area (Å²) in [6.07, 6.45) is 0. The predicted octanol–water partition coefficient (Wildman–Crippen LogP) is 9.32. The van der Waals surface area contributed by atoms with Crippen LogP contribution in [0.4, 0.5) is 22.7 Å². The summed E-state index contributed by atoms with van der Waals surface area (Å²) in [7, 11) is -3.66. The van der Waals surface area contributed by atoms with Gasteiger partial charge in [0.1, 0.15) is 0 Å². The van der Waals surface area contributed by atoms with Gasteiger partial charge in [0.25, 0.3) is 10.0 Å². The molecule has 2 aliphatic heterocycles. The summed E-state index contributed by atoms with van der Waals surface area (Å²) in [5.41, 5.74) is 12.9. The number of anilines is 4. The molecule has 0 atom stereocenters. The Kier molecular flexibility index (Phi) is 13.6. The Hall–Kier alpha value is -3.67. The van der Waals surface area contributed by atoms with Gasteiger partial charge in [0.15, 0.2) is 0 Å². The quantitative estimate of drug-likeness (QED) is 0.143. The highest BCUT2D eigenvalue weighted by Gasteiger charge is 2.23. The maximum absolute atomic E-state index is 12.9. The third kappa shape index (κ3) is 10.5. The van der Waals surface area contributed by atoms with Crippen molar-refractivity contribution in [2.24, 2.45) is 0 Å². The van der Waals surface area contributed by atoms with Crippen molar-refractivity contribution in [3.05, 3.63) is 146 Å². The van der Waals surface area contributed by atoms with Crippen molar-refractivity contribution < 1.29 is 8.42 Å². The van der Waals surface area contributed by atoms with Crippen LogP contribution in [-0.4, -0.2) is 70.6 Å². The molecule has 0 bridgehead atoms. The normalized spacial score (nSPS) is 15.4. The highest BCUT2D eigenvalue weighted by molar-refractivity contribution is 7.92. The summed E-state index contributed by atoms with van der Waals surface area (Å²) in [5.74, 6) is 0. The van der Waals surface area contributed by atoms with Crippen LogP contribution in [0.3, 0.4) is 0 Å². The molecule has 2 heterocycles. The van der Waals surface area contributed by atoms with Crippen LogP contribution in [-0.2, 0) is 23.1 Å². The van der Waals surface area contributed by atoms with Crippen LogP contribution >= 0.6 is 46.4 Å². The molecule has 284 valence electrons. The molecule has 7 rings (SSSR count). The van der Waals surface area contributed by atoms with Crippen molar-refractivity contribution in [1.29, 1.82) is 0 Å². The molecule has 2 saturated heterocycles.